The molecule has 0 N–H and O–H groups in total. The van der Waals surface area contributed by atoms with Crippen LogP contribution in [0.3, 0.4) is 0 Å². The zero-order valence-corrected chi connectivity index (χ0v) is 11.6. The number of carbonyl (C=O) groups excluding carboxylic acids is 1. The first-order valence-corrected chi connectivity index (χ1v) is 7.63. The quantitative estimate of drug-likeness (QED) is 0.553. The average molecular weight is 250 g/mol. The third-order valence-electron chi connectivity index (χ3n) is 4.62. The minimum atomic E-state index is -0.168. The van der Waals surface area contributed by atoms with E-state index in [9.17, 15) is 4.79 Å². The molecule has 0 aromatic carbocycles. The lowest BCUT2D eigenvalue weighted by molar-refractivity contribution is -0.145. The van der Waals surface area contributed by atoms with Gasteiger partial charge in [-0.05, 0) is 44.4 Å². The first-order valence-electron chi connectivity index (χ1n) is 7.63. The van der Waals surface area contributed by atoms with Crippen LogP contribution in [0.4, 0.5) is 0 Å². The normalized spacial score (nSPS) is 30.5. The lowest BCUT2D eigenvalue weighted by atomic mass is 9.73. The number of hydrogen-bond acceptors (Lipinski definition) is 2. The predicted molar refractivity (Wildman–Crippen MR) is 73.2 cm³/mol. The molecule has 0 aliphatic heterocycles. The number of allylic oxidation sites excluding steroid dienone is 1. The van der Waals surface area contributed by atoms with Crippen LogP contribution in [0, 0.1) is 11.8 Å². The summed E-state index contributed by atoms with van der Waals surface area (Å²) in [5.74, 6) is 1.70. The van der Waals surface area contributed by atoms with Gasteiger partial charge in [0.2, 0.25) is 0 Å². The summed E-state index contributed by atoms with van der Waals surface area (Å²) in [5, 5.41) is 0. The fourth-order valence-electron chi connectivity index (χ4n) is 3.62. The fraction of sp³-hybridized carbons (Fsp3) is 0.812. The van der Waals surface area contributed by atoms with Gasteiger partial charge in [0, 0.05) is 6.08 Å². The van der Waals surface area contributed by atoms with E-state index in [0.717, 1.165) is 24.7 Å². The van der Waals surface area contributed by atoms with Gasteiger partial charge >= 0.3 is 5.97 Å². The molecule has 2 rings (SSSR count). The van der Waals surface area contributed by atoms with Gasteiger partial charge in [0.1, 0.15) is 6.10 Å². The van der Waals surface area contributed by atoms with Crippen LogP contribution in [0.15, 0.2) is 12.2 Å². The van der Waals surface area contributed by atoms with Gasteiger partial charge in [-0.15, -0.1) is 0 Å². The van der Waals surface area contributed by atoms with E-state index < -0.39 is 0 Å². The van der Waals surface area contributed by atoms with Crippen molar-refractivity contribution < 1.29 is 9.53 Å². The summed E-state index contributed by atoms with van der Waals surface area (Å²) in [6, 6.07) is 0. The Bertz CT molecular complexity index is 281. The minimum absolute atomic E-state index is 0.168. The molecule has 0 radical (unpaired) electrons. The van der Waals surface area contributed by atoms with E-state index in [1.165, 1.54) is 51.0 Å². The van der Waals surface area contributed by atoms with Crippen LogP contribution in [-0.4, -0.2) is 12.1 Å². The molecular weight excluding hydrogens is 224 g/mol. The van der Waals surface area contributed by atoms with Crippen LogP contribution in [0.2, 0.25) is 0 Å². The summed E-state index contributed by atoms with van der Waals surface area (Å²) < 4.78 is 5.44. The van der Waals surface area contributed by atoms with Gasteiger partial charge in [0.05, 0.1) is 0 Å². The van der Waals surface area contributed by atoms with E-state index in [-0.39, 0.29) is 12.1 Å². The molecule has 102 valence electrons. The molecule has 0 spiro atoms. The number of rotatable bonds is 3. The fourth-order valence-corrected chi connectivity index (χ4v) is 3.62. The van der Waals surface area contributed by atoms with Crippen molar-refractivity contribution in [3.63, 3.8) is 0 Å². The molecule has 18 heavy (non-hydrogen) atoms. The second kappa shape index (κ2) is 6.96. The van der Waals surface area contributed by atoms with Crippen molar-refractivity contribution in [2.75, 3.05) is 0 Å². The van der Waals surface area contributed by atoms with Crippen molar-refractivity contribution in [2.24, 2.45) is 11.8 Å². The molecule has 0 saturated heterocycles. The zero-order valence-electron chi connectivity index (χ0n) is 11.6. The molecule has 2 fully saturated rings. The third-order valence-corrected chi connectivity index (χ3v) is 4.62. The van der Waals surface area contributed by atoms with Gasteiger partial charge in [-0.3, -0.25) is 0 Å². The summed E-state index contributed by atoms with van der Waals surface area (Å²) in [4.78, 5) is 11.4. The molecule has 2 nitrogen and oxygen atoms in total. The highest BCUT2D eigenvalue weighted by atomic mass is 16.5. The van der Waals surface area contributed by atoms with Gasteiger partial charge in [-0.2, -0.15) is 0 Å². The van der Waals surface area contributed by atoms with E-state index in [0.29, 0.717) is 0 Å². The SMILES string of the molecule is C/C=C\C(=O)OC1CCC(C2CCCCC2)CC1. The first kappa shape index (κ1) is 13.6. The Hall–Kier alpha value is -0.790. The molecule has 0 bridgehead atoms. The van der Waals surface area contributed by atoms with Gasteiger partial charge in [0.15, 0.2) is 0 Å². The van der Waals surface area contributed by atoms with Crippen LogP contribution in [0.1, 0.15) is 64.7 Å². The molecule has 0 aromatic heterocycles. The van der Waals surface area contributed by atoms with E-state index in [1.807, 2.05) is 6.92 Å². The molecule has 0 aromatic rings. The molecule has 0 amide bonds. The summed E-state index contributed by atoms with van der Waals surface area (Å²) in [6.07, 6.45) is 15.3. The minimum Gasteiger partial charge on any atom is -0.459 e. The smallest absolute Gasteiger partial charge is 0.330 e. The maximum Gasteiger partial charge on any atom is 0.330 e. The van der Waals surface area contributed by atoms with Gasteiger partial charge in [0.25, 0.3) is 0 Å². The molecule has 0 unspecified atom stereocenters. The Morgan fingerprint density at radius 1 is 0.944 bits per heavy atom. The molecule has 2 heteroatoms. The molecular formula is C16H26O2. The summed E-state index contributed by atoms with van der Waals surface area (Å²) in [7, 11) is 0. The van der Waals surface area contributed by atoms with E-state index in [1.54, 1.807) is 6.08 Å². The zero-order chi connectivity index (χ0) is 12.8. The largest absolute Gasteiger partial charge is 0.459 e. The monoisotopic (exact) mass is 250 g/mol. The molecule has 2 aliphatic rings. The van der Waals surface area contributed by atoms with Crippen molar-refractivity contribution in [3.05, 3.63) is 12.2 Å². The average Bonchev–Trinajstić information content (AvgIpc) is 2.41. The van der Waals surface area contributed by atoms with Crippen molar-refractivity contribution in [1.29, 1.82) is 0 Å². The number of ether oxygens (including phenoxy) is 1. The molecule has 2 saturated carbocycles. The summed E-state index contributed by atoms with van der Waals surface area (Å²) in [5.41, 5.74) is 0. The molecule has 2 aliphatic carbocycles. The maximum absolute atomic E-state index is 11.4. The highest BCUT2D eigenvalue weighted by Crippen LogP contribution is 2.38. The topological polar surface area (TPSA) is 26.3 Å². The Morgan fingerprint density at radius 3 is 2.17 bits per heavy atom. The Balaban J connectivity index is 1.72. The van der Waals surface area contributed by atoms with Gasteiger partial charge < -0.3 is 4.74 Å². The van der Waals surface area contributed by atoms with E-state index in [2.05, 4.69) is 0 Å². The van der Waals surface area contributed by atoms with Crippen LogP contribution in [-0.2, 0) is 9.53 Å². The predicted octanol–water partition coefficient (Wildman–Crippen LogP) is 4.24. The number of hydrogen-bond donors (Lipinski definition) is 0. The summed E-state index contributed by atoms with van der Waals surface area (Å²) in [6.45, 7) is 1.85. The second-order valence-electron chi connectivity index (χ2n) is 5.87. The van der Waals surface area contributed by atoms with Crippen LogP contribution >= 0.6 is 0 Å². The second-order valence-corrected chi connectivity index (χ2v) is 5.87. The number of esters is 1. The Morgan fingerprint density at radius 2 is 1.56 bits per heavy atom. The molecule has 0 heterocycles. The third kappa shape index (κ3) is 3.86. The van der Waals surface area contributed by atoms with Crippen molar-refractivity contribution in [3.8, 4) is 0 Å². The van der Waals surface area contributed by atoms with Gasteiger partial charge in [-0.1, -0.05) is 38.2 Å². The van der Waals surface area contributed by atoms with E-state index >= 15 is 0 Å². The lowest BCUT2D eigenvalue weighted by Crippen LogP contribution is -2.28. The maximum atomic E-state index is 11.4. The van der Waals surface area contributed by atoms with Crippen LogP contribution < -0.4 is 0 Å². The first-order chi connectivity index (χ1) is 8.79. The highest BCUT2D eigenvalue weighted by molar-refractivity contribution is 5.81. The Kier molecular flexibility index (Phi) is 5.27. The Labute approximate surface area is 111 Å². The van der Waals surface area contributed by atoms with Gasteiger partial charge in [-0.25, -0.2) is 4.79 Å². The standard InChI is InChI=1S/C16H26O2/c1-2-6-16(17)18-15-11-9-14(10-12-15)13-7-4-3-5-8-13/h2,6,13-15H,3-5,7-12H2,1H3/b6-2-. The van der Waals surface area contributed by atoms with Crippen molar-refractivity contribution >= 4 is 5.97 Å². The highest BCUT2D eigenvalue weighted by Gasteiger charge is 2.29. The lowest BCUT2D eigenvalue weighted by Gasteiger charge is -2.35. The van der Waals surface area contributed by atoms with Crippen LogP contribution in [0.25, 0.3) is 0 Å². The number of carbonyl (C=O) groups is 1. The van der Waals surface area contributed by atoms with E-state index in [4.69, 9.17) is 4.74 Å². The van der Waals surface area contributed by atoms with Crippen molar-refractivity contribution in [1.82, 2.24) is 0 Å². The van der Waals surface area contributed by atoms with Crippen molar-refractivity contribution in [2.45, 2.75) is 70.8 Å². The van der Waals surface area contributed by atoms with Crippen LogP contribution in [0.5, 0.6) is 0 Å². The summed E-state index contributed by atoms with van der Waals surface area (Å²) >= 11 is 0. The molecule has 0 atom stereocenters.